The topological polar surface area (TPSA) is 35.5 Å². The van der Waals surface area contributed by atoms with Crippen LogP contribution >= 0.6 is 0 Å². The van der Waals surface area contributed by atoms with Crippen molar-refractivity contribution in [3.63, 3.8) is 0 Å². The van der Waals surface area contributed by atoms with Crippen LogP contribution in [-0.4, -0.2) is 12.6 Å². The number of hydrogen-bond donors (Lipinski definition) is 0. The van der Waals surface area contributed by atoms with Crippen molar-refractivity contribution in [1.29, 1.82) is 0 Å². The Kier molecular flexibility index (Phi) is 10.3. The molecule has 0 radical (unpaired) electrons. The van der Waals surface area contributed by atoms with Gasteiger partial charge in [-0.05, 0) is 48.6 Å². The number of rotatable bonds is 13. The van der Waals surface area contributed by atoms with Gasteiger partial charge in [0.1, 0.15) is 11.9 Å². The molecule has 0 aliphatic rings. The minimum Gasteiger partial charge on any atom is -0.494 e. The Morgan fingerprint density at radius 3 is 2.00 bits per heavy atom. The molecule has 158 valence electrons. The van der Waals surface area contributed by atoms with Gasteiger partial charge < -0.3 is 9.47 Å². The van der Waals surface area contributed by atoms with E-state index in [1.807, 2.05) is 38.1 Å². The van der Waals surface area contributed by atoms with Gasteiger partial charge in [0.2, 0.25) is 0 Å². The van der Waals surface area contributed by atoms with Crippen LogP contribution < -0.4 is 4.74 Å². The van der Waals surface area contributed by atoms with Crippen LogP contribution in [-0.2, 0) is 9.53 Å². The fourth-order valence-corrected chi connectivity index (χ4v) is 3.29. The zero-order valence-corrected chi connectivity index (χ0v) is 18.3. The molecule has 0 aromatic heterocycles. The molecule has 1 atom stereocenters. The van der Waals surface area contributed by atoms with Crippen LogP contribution in [0.2, 0.25) is 0 Å². The van der Waals surface area contributed by atoms with E-state index in [-0.39, 0.29) is 12.1 Å². The Morgan fingerprint density at radius 2 is 1.38 bits per heavy atom. The maximum Gasteiger partial charge on any atom is 0.306 e. The molecule has 0 spiro atoms. The van der Waals surface area contributed by atoms with Crippen molar-refractivity contribution in [2.45, 2.75) is 78.2 Å². The van der Waals surface area contributed by atoms with Crippen molar-refractivity contribution in [2.75, 3.05) is 6.61 Å². The van der Waals surface area contributed by atoms with Crippen molar-refractivity contribution < 1.29 is 14.3 Å². The van der Waals surface area contributed by atoms with E-state index in [1.165, 1.54) is 32.1 Å². The van der Waals surface area contributed by atoms with E-state index in [2.05, 4.69) is 31.2 Å². The molecule has 29 heavy (non-hydrogen) atoms. The Labute approximate surface area is 176 Å². The summed E-state index contributed by atoms with van der Waals surface area (Å²) in [5, 5.41) is 0. The van der Waals surface area contributed by atoms with Gasteiger partial charge in [-0.2, -0.15) is 0 Å². The highest BCUT2D eigenvalue weighted by Crippen LogP contribution is 2.25. The average Bonchev–Trinajstić information content (AvgIpc) is 2.74. The van der Waals surface area contributed by atoms with Crippen LogP contribution in [0.25, 0.3) is 11.1 Å². The van der Waals surface area contributed by atoms with Crippen LogP contribution in [0.4, 0.5) is 0 Å². The van der Waals surface area contributed by atoms with Gasteiger partial charge in [0.05, 0.1) is 6.61 Å². The lowest BCUT2D eigenvalue weighted by Gasteiger charge is -2.14. The van der Waals surface area contributed by atoms with E-state index < -0.39 is 0 Å². The summed E-state index contributed by atoms with van der Waals surface area (Å²) in [6.07, 6.45) is 8.69. The lowest BCUT2D eigenvalue weighted by Crippen LogP contribution is -2.08. The maximum atomic E-state index is 11.7. The number of benzene rings is 2. The van der Waals surface area contributed by atoms with E-state index in [0.717, 1.165) is 41.9 Å². The molecular formula is C26H36O3. The molecule has 0 fully saturated rings. The molecule has 2 rings (SSSR count). The predicted octanol–water partition coefficient (Wildman–Crippen LogP) is 7.50. The smallest absolute Gasteiger partial charge is 0.306 e. The average molecular weight is 397 g/mol. The quantitative estimate of drug-likeness (QED) is 0.260. The molecule has 0 amide bonds. The van der Waals surface area contributed by atoms with Gasteiger partial charge in [0, 0.05) is 6.42 Å². The first-order valence-electron chi connectivity index (χ1n) is 11.2. The lowest BCUT2D eigenvalue weighted by atomic mass is 10.0. The SMILES string of the molecule is CCCCCCCCOc1ccc(-c2ccc(C(C)OC(=O)CCC)cc2)cc1. The molecular weight excluding hydrogens is 360 g/mol. The number of carbonyl (C=O) groups is 1. The first kappa shape index (κ1) is 23.0. The molecule has 0 bridgehead atoms. The highest BCUT2D eigenvalue weighted by molar-refractivity contribution is 5.69. The van der Waals surface area contributed by atoms with E-state index in [4.69, 9.17) is 9.47 Å². The van der Waals surface area contributed by atoms with Gasteiger partial charge in [-0.15, -0.1) is 0 Å². The predicted molar refractivity (Wildman–Crippen MR) is 120 cm³/mol. The third-order valence-electron chi connectivity index (χ3n) is 5.10. The number of esters is 1. The second-order valence-corrected chi connectivity index (χ2v) is 7.64. The molecule has 0 N–H and O–H groups in total. The van der Waals surface area contributed by atoms with Gasteiger partial charge in [0.25, 0.3) is 0 Å². The zero-order valence-electron chi connectivity index (χ0n) is 18.3. The molecule has 2 aromatic carbocycles. The van der Waals surface area contributed by atoms with Gasteiger partial charge in [-0.1, -0.05) is 82.3 Å². The summed E-state index contributed by atoms with van der Waals surface area (Å²) in [6.45, 7) is 6.92. The summed E-state index contributed by atoms with van der Waals surface area (Å²) in [6, 6.07) is 16.5. The van der Waals surface area contributed by atoms with Gasteiger partial charge in [-0.3, -0.25) is 4.79 Å². The van der Waals surface area contributed by atoms with E-state index >= 15 is 0 Å². The summed E-state index contributed by atoms with van der Waals surface area (Å²) < 4.78 is 11.3. The fourth-order valence-electron chi connectivity index (χ4n) is 3.29. The zero-order chi connectivity index (χ0) is 20.9. The molecule has 0 heterocycles. The first-order chi connectivity index (χ1) is 14.1. The molecule has 1 unspecified atom stereocenters. The number of ether oxygens (including phenoxy) is 2. The molecule has 2 aromatic rings. The van der Waals surface area contributed by atoms with Crippen molar-refractivity contribution >= 4 is 5.97 Å². The standard InChI is InChI=1S/C26H36O3/c1-4-6-7-8-9-10-20-28-25-18-16-24(17-19-25)23-14-12-22(13-15-23)21(3)29-26(27)11-5-2/h12-19,21H,4-11,20H2,1-3H3. The Hall–Kier alpha value is -2.29. The summed E-state index contributed by atoms with van der Waals surface area (Å²) in [5.41, 5.74) is 3.31. The van der Waals surface area contributed by atoms with Crippen LogP contribution in [0.15, 0.2) is 48.5 Å². The number of unbranched alkanes of at least 4 members (excludes halogenated alkanes) is 5. The van der Waals surface area contributed by atoms with E-state index in [0.29, 0.717) is 6.42 Å². The first-order valence-corrected chi connectivity index (χ1v) is 11.2. The van der Waals surface area contributed by atoms with Crippen LogP contribution in [0.1, 0.15) is 83.8 Å². The van der Waals surface area contributed by atoms with Crippen molar-refractivity contribution in [3.8, 4) is 16.9 Å². The van der Waals surface area contributed by atoms with Gasteiger partial charge in [-0.25, -0.2) is 0 Å². The van der Waals surface area contributed by atoms with E-state index in [1.54, 1.807) is 0 Å². The Balaban J connectivity index is 1.81. The van der Waals surface area contributed by atoms with Crippen LogP contribution in [0, 0.1) is 0 Å². The van der Waals surface area contributed by atoms with Crippen molar-refractivity contribution in [2.24, 2.45) is 0 Å². The van der Waals surface area contributed by atoms with Crippen molar-refractivity contribution in [1.82, 2.24) is 0 Å². The Morgan fingerprint density at radius 1 is 0.793 bits per heavy atom. The minimum atomic E-state index is -0.221. The molecule has 3 heteroatoms. The second kappa shape index (κ2) is 13.0. The van der Waals surface area contributed by atoms with Gasteiger partial charge >= 0.3 is 5.97 Å². The molecule has 0 aliphatic carbocycles. The van der Waals surface area contributed by atoms with Crippen LogP contribution in [0.3, 0.4) is 0 Å². The second-order valence-electron chi connectivity index (χ2n) is 7.64. The summed E-state index contributed by atoms with van der Waals surface area (Å²) in [4.78, 5) is 11.7. The third kappa shape index (κ3) is 8.31. The normalized spacial score (nSPS) is 11.8. The largest absolute Gasteiger partial charge is 0.494 e. The number of hydrogen-bond acceptors (Lipinski definition) is 3. The number of carbonyl (C=O) groups excluding carboxylic acids is 1. The lowest BCUT2D eigenvalue weighted by molar-refractivity contribution is -0.148. The fraction of sp³-hybridized carbons (Fsp3) is 0.500. The summed E-state index contributed by atoms with van der Waals surface area (Å²) >= 11 is 0. The summed E-state index contributed by atoms with van der Waals surface area (Å²) in [5.74, 6) is 0.788. The van der Waals surface area contributed by atoms with Gasteiger partial charge in [0.15, 0.2) is 0 Å². The molecule has 3 nitrogen and oxygen atoms in total. The molecule has 0 saturated carbocycles. The monoisotopic (exact) mass is 396 g/mol. The highest BCUT2D eigenvalue weighted by atomic mass is 16.5. The minimum absolute atomic E-state index is 0.138. The highest BCUT2D eigenvalue weighted by Gasteiger charge is 2.11. The maximum absolute atomic E-state index is 11.7. The van der Waals surface area contributed by atoms with Crippen molar-refractivity contribution in [3.05, 3.63) is 54.1 Å². The molecule has 0 saturated heterocycles. The van der Waals surface area contributed by atoms with Crippen LogP contribution in [0.5, 0.6) is 5.75 Å². The summed E-state index contributed by atoms with van der Waals surface area (Å²) in [7, 11) is 0. The third-order valence-corrected chi connectivity index (χ3v) is 5.10. The Bertz CT molecular complexity index is 704. The van der Waals surface area contributed by atoms with E-state index in [9.17, 15) is 4.79 Å². The molecule has 0 aliphatic heterocycles.